The fraction of sp³-hybridized carbons (Fsp3) is 0.917. The molecule has 0 rings (SSSR count). The predicted octanol–water partition coefficient (Wildman–Crippen LogP) is 2.32. The molecule has 0 atom stereocenters. The van der Waals surface area contributed by atoms with Crippen LogP contribution in [-0.2, 0) is 0 Å². The quantitative estimate of drug-likeness (QED) is 0.562. The molecule has 90 valence electrons. The van der Waals surface area contributed by atoms with E-state index in [4.69, 9.17) is 5.73 Å². The minimum absolute atomic E-state index is 0.270. The predicted molar refractivity (Wildman–Crippen MR) is 68.0 cm³/mol. The van der Waals surface area contributed by atoms with Crippen molar-refractivity contribution in [3.63, 3.8) is 0 Å². The summed E-state index contributed by atoms with van der Waals surface area (Å²) in [5.74, 6) is 1.92. The van der Waals surface area contributed by atoms with Crippen LogP contribution in [0, 0.1) is 11.8 Å². The molecule has 0 unspecified atom stereocenters. The summed E-state index contributed by atoms with van der Waals surface area (Å²) in [7, 11) is 0. The summed E-state index contributed by atoms with van der Waals surface area (Å²) in [4.78, 5) is 6.59. The van der Waals surface area contributed by atoms with Gasteiger partial charge in [-0.3, -0.25) is 4.99 Å². The maximum absolute atomic E-state index is 5.99. The highest BCUT2D eigenvalue weighted by Gasteiger charge is 2.11. The SMILES string of the molecule is CC(C)CN(CC(C)C)C(N)=NC(C)C. The Morgan fingerprint density at radius 1 is 1.00 bits per heavy atom. The monoisotopic (exact) mass is 213 g/mol. The van der Waals surface area contributed by atoms with Crippen LogP contribution >= 0.6 is 0 Å². The highest BCUT2D eigenvalue weighted by atomic mass is 15.3. The molecule has 0 bridgehead atoms. The van der Waals surface area contributed by atoms with E-state index in [0.29, 0.717) is 17.8 Å². The molecule has 0 amide bonds. The molecular weight excluding hydrogens is 186 g/mol. The second-order valence-corrected chi connectivity index (χ2v) is 5.27. The van der Waals surface area contributed by atoms with Crippen LogP contribution in [0.3, 0.4) is 0 Å². The van der Waals surface area contributed by atoms with E-state index < -0.39 is 0 Å². The molecule has 3 nitrogen and oxygen atoms in total. The summed E-state index contributed by atoms with van der Waals surface area (Å²) in [6.07, 6.45) is 0. The summed E-state index contributed by atoms with van der Waals surface area (Å²) < 4.78 is 0. The van der Waals surface area contributed by atoms with Crippen LogP contribution in [0.1, 0.15) is 41.5 Å². The van der Waals surface area contributed by atoms with Crippen molar-refractivity contribution in [1.29, 1.82) is 0 Å². The Kier molecular flexibility index (Phi) is 6.37. The average Bonchev–Trinajstić information content (AvgIpc) is 1.99. The van der Waals surface area contributed by atoms with Crippen molar-refractivity contribution in [3.8, 4) is 0 Å². The standard InChI is InChI=1S/C12H27N3/c1-9(2)7-15(8-10(3)4)12(13)14-11(5)6/h9-11H,7-8H2,1-6H3,(H2,13,14). The maximum atomic E-state index is 5.99. The molecule has 0 aliphatic rings. The number of hydrogen-bond acceptors (Lipinski definition) is 1. The first kappa shape index (κ1) is 14.3. The van der Waals surface area contributed by atoms with Gasteiger partial charge in [0, 0.05) is 19.1 Å². The van der Waals surface area contributed by atoms with Crippen molar-refractivity contribution in [2.45, 2.75) is 47.6 Å². The highest BCUT2D eigenvalue weighted by molar-refractivity contribution is 5.78. The Balaban J connectivity index is 4.47. The molecule has 0 saturated heterocycles. The zero-order chi connectivity index (χ0) is 12.0. The minimum Gasteiger partial charge on any atom is -0.370 e. The lowest BCUT2D eigenvalue weighted by Crippen LogP contribution is -2.42. The van der Waals surface area contributed by atoms with Gasteiger partial charge in [0.2, 0.25) is 0 Å². The summed E-state index contributed by atoms with van der Waals surface area (Å²) in [5.41, 5.74) is 5.99. The highest BCUT2D eigenvalue weighted by Crippen LogP contribution is 2.04. The first-order valence-corrected chi connectivity index (χ1v) is 5.91. The molecule has 0 heterocycles. The summed E-state index contributed by atoms with van der Waals surface area (Å²) >= 11 is 0. The van der Waals surface area contributed by atoms with Crippen LogP contribution in [0.5, 0.6) is 0 Å². The van der Waals surface area contributed by atoms with Crippen molar-refractivity contribution in [2.24, 2.45) is 22.6 Å². The van der Waals surface area contributed by atoms with Crippen LogP contribution in [0.2, 0.25) is 0 Å². The first-order chi connectivity index (χ1) is 6.82. The van der Waals surface area contributed by atoms with Crippen molar-refractivity contribution >= 4 is 5.96 Å². The van der Waals surface area contributed by atoms with E-state index in [1.807, 2.05) is 0 Å². The van der Waals surface area contributed by atoms with Gasteiger partial charge in [-0.15, -0.1) is 0 Å². The van der Waals surface area contributed by atoms with E-state index in [1.54, 1.807) is 0 Å². The average molecular weight is 213 g/mol. The van der Waals surface area contributed by atoms with E-state index in [0.717, 1.165) is 13.1 Å². The number of guanidine groups is 1. The van der Waals surface area contributed by atoms with Crippen LogP contribution in [0.25, 0.3) is 0 Å². The van der Waals surface area contributed by atoms with Gasteiger partial charge in [-0.25, -0.2) is 0 Å². The molecule has 15 heavy (non-hydrogen) atoms. The molecule has 3 heteroatoms. The number of nitrogens with two attached hydrogens (primary N) is 1. The Bertz CT molecular complexity index is 185. The van der Waals surface area contributed by atoms with Gasteiger partial charge in [0.05, 0.1) is 0 Å². The molecule has 0 aromatic rings. The zero-order valence-electron chi connectivity index (χ0n) is 11.1. The van der Waals surface area contributed by atoms with Gasteiger partial charge in [0.1, 0.15) is 0 Å². The van der Waals surface area contributed by atoms with Gasteiger partial charge < -0.3 is 10.6 Å². The molecule has 0 aliphatic carbocycles. The van der Waals surface area contributed by atoms with E-state index in [1.165, 1.54) is 0 Å². The Morgan fingerprint density at radius 2 is 1.40 bits per heavy atom. The largest absolute Gasteiger partial charge is 0.370 e. The molecule has 0 radical (unpaired) electrons. The molecule has 0 aliphatic heterocycles. The van der Waals surface area contributed by atoms with E-state index in [2.05, 4.69) is 51.4 Å². The van der Waals surface area contributed by atoms with Crippen molar-refractivity contribution < 1.29 is 0 Å². The van der Waals surface area contributed by atoms with Gasteiger partial charge in [-0.1, -0.05) is 27.7 Å². The topological polar surface area (TPSA) is 41.6 Å². The summed E-state index contributed by atoms with van der Waals surface area (Å²) in [5, 5.41) is 0. The van der Waals surface area contributed by atoms with Crippen molar-refractivity contribution in [1.82, 2.24) is 4.90 Å². The van der Waals surface area contributed by atoms with Gasteiger partial charge in [-0.2, -0.15) is 0 Å². The molecule has 0 spiro atoms. The van der Waals surface area contributed by atoms with Crippen LogP contribution in [-0.4, -0.2) is 30.0 Å². The van der Waals surface area contributed by atoms with E-state index in [-0.39, 0.29) is 6.04 Å². The molecule has 0 aromatic carbocycles. The fourth-order valence-corrected chi connectivity index (χ4v) is 1.49. The second kappa shape index (κ2) is 6.70. The minimum atomic E-state index is 0.270. The molecule has 0 aromatic heterocycles. The third-order valence-corrected chi connectivity index (χ3v) is 1.89. The lowest BCUT2D eigenvalue weighted by molar-refractivity contribution is 0.323. The molecular formula is C12H27N3. The van der Waals surface area contributed by atoms with Gasteiger partial charge >= 0.3 is 0 Å². The molecule has 0 fully saturated rings. The van der Waals surface area contributed by atoms with Gasteiger partial charge in [0.25, 0.3) is 0 Å². The van der Waals surface area contributed by atoms with Gasteiger partial charge in [-0.05, 0) is 25.7 Å². The van der Waals surface area contributed by atoms with E-state index >= 15 is 0 Å². The Labute approximate surface area is 94.7 Å². The summed E-state index contributed by atoms with van der Waals surface area (Å²) in [6.45, 7) is 14.9. The lowest BCUT2D eigenvalue weighted by Gasteiger charge is -2.27. The van der Waals surface area contributed by atoms with E-state index in [9.17, 15) is 0 Å². The summed E-state index contributed by atoms with van der Waals surface area (Å²) in [6, 6.07) is 0.270. The third kappa shape index (κ3) is 7.23. The number of nitrogens with zero attached hydrogens (tertiary/aromatic N) is 2. The van der Waals surface area contributed by atoms with Crippen LogP contribution < -0.4 is 5.73 Å². The maximum Gasteiger partial charge on any atom is 0.191 e. The third-order valence-electron chi connectivity index (χ3n) is 1.89. The molecule has 0 saturated carbocycles. The van der Waals surface area contributed by atoms with Crippen LogP contribution in [0.15, 0.2) is 4.99 Å². The zero-order valence-corrected chi connectivity index (χ0v) is 11.1. The number of hydrogen-bond donors (Lipinski definition) is 1. The second-order valence-electron chi connectivity index (χ2n) is 5.27. The fourth-order valence-electron chi connectivity index (χ4n) is 1.49. The Morgan fingerprint density at radius 3 is 1.67 bits per heavy atom. The molecule has 2 N–H and O–H groups in total. The van der Waals surface area contributed by atoms with Crippen molar-refractivity contribution in [3.05, 3.63) is 0 Å². The Hall–Kier alpha value is -0.730. The van der Waals surface area contributed by atoms with Crippen molar-refractivity contribution in [2.75, 3.05) is 13.1 Å². The van der Waals surface area contributed by atoms with Crippen LogP contribution in [0.4, 0.5) is 0 Å². The normalized spacial score (nSPS) is 13.0. The first-order valence-electron chi connectivity index (χ1n) is 5.91. The smallest absolute Gasteiger partial charge is 0.191 e. The lowest BCUT2D eigenvalue weighted by atomic mass is 10.1. The number of aliphatic imine (C=N–C) groups is 1. The van der Waals surface area contributed by atoms with Gasteiger partial charge in [0.15, 0.2) is 5.96 Å². The number of rotatable bonds is 5.